The number of aromatic hydroxyl groups is 1. The normalized spacial score (nSPS) is 12.3. The molecule has 0 fully saturated rings. The van der Waals surface area contributed by atoms with Crippen LogP contribution in [-0.2, 0) is 6.61 Å². The van der Waals surface area contributed by atoms with Gasteiger partial charge in [0.25, 0.3) is 0 Å². The number of phenolic OH excluding ortho intramolecular Hbond substituents is 1. The monoisotopic (exact) mass is 347 g/mol. The van der Waals surface area contributed by atoms with Gasteiger partial charge in [0, 0.05) is 17.7 Å². The van der Waals surface area contributed by atoms with Gasteiger partial charge in [0.2, 0.25) is 0 Å². The lowest BCUT2D eigenvalue weighted by atomic mass is 10.0. The molecule has 0 aliphatic carbocycles. The Balaban J connectivity index is 0.00000264. The second kappa shape index (κ2) is 8.08. The molecule has 2 rings (SSSR count). The molecule has 0 unspecified atom stereocenters. The number of benzene rings is 2. The van der Waals surface area contributed by atoms with Crippen LogP contribution in [0.4, 0.5) is 13.2 Å². The van der Waals surface area contributed by atoms with Crippen molar-refractivity contribution in [2.75, 3.05) is 0 Å². The first-order valence-corrected chi connectivity index (χ1v) is 6.67. The molecule has 0 saturated heterocycles. The number of nitrogens with two attached hydrogens (primary N) is 1. The van der Waals surface area contributed by atoms with Gasteiger partial charge in [-0.15, -0.1) is 12.4 Å². The quantitative estimate of drug-likeness (QED) is 0.845. The second-order valence-corrected chi connectivity index (χ2v) is 4.92. The van der Waals surface area contributed by atoms with E-state index in [0.29, 0.717) is 12.4 Å². The van der Waals surface area contributed by atoms with E-state index in [1.165, 1.54) is 18.2 Å². The summed E-state index contributed by atoms with van der Waals surface area (Å²) in [6.45, 7) is 0.300. The van der Waals surface area contributed by atoms with E-state index in [1.54, 1.807) is 0 Å². The van der Waals surface area contributed by atoms with Crippen molar-refractivity contribution in [1.82, 2.24) is 0 Å². The number of phenols is 1. The van der Waals surface area contributed by atoms with Gasteiger partial charge < -0.3 is 15.6 Å². The number of hydrogen-bond acceptors (Lipinski definition) is 3. The highest BCUT2D eigenvalue weighted by Gasteiger charge is 2.31. The zero-order chi connectivity index (χ0) is 16.2. The third-order valence-electron chi connectivity index (χ3n) is 3.10. The van der Waals surface area contributed by atoms with E-state index in [2.05, 4.69) is 0 Å². The maximum absolute atomic E-state index is 12.3. The van der Waals surface area contributed by atoms with Gasteiger partial charge in [-0.2, -0.15) is 13.2 Å². The summed E-state index contributed by atoms with van der Waals surface area (Å²) in [6, 6.07) is 12.2. The molecule has 0 amide bonds. The lowest BCUT2D eigenvalue weighted by Crippen LogP contribution is -2.20. The van der Waals surface area contributed by atoms with E-state index in [9.17, 15) is 18.3 Å². The summed E-state index contributed by atoms with van der Waals surface area (Å²) in [6.07, 6.45) is -5.57. The molecule has 1 atom stereocenters. The van der Waals surface area contributed by atoms with Gasteiger partial charge in [0.1, 0.15) is 18.1 Å². The average Bonchev–Trinajstić information content (AvgIpc) is 2.44. The summed E-state index contributed by atoms with van der Waals surface area (Å²) < 4.78 is 42.5. The Morgan fingerprint density at radius 2 is 1.74 bits per heavy atom. The minimum Gasteiger partial charge on any atom is -0.507 e. The Hall–Kier alpha value is -1.92. The SMILES string of the molecule is Cl.N[C@@H](CC(F)(F)F)c1ccc(OCc2ccccc2)cc1O. The highest BCUT2D eigenvalue weighted by molar-refractivity contribution is 5.85. The van der Waals surface area contributed by atoms with Crippen molar-refractivity contribution in [2.45, 2.75) is 25.2 Å². The molecule has 0 radical (unpaired) electrons. The lowest BCUT2D eigenvalue weighted by Gasteiger charge is -2.16. The van der Waals surface area contributed by atoms with Crippen molar-refractivity contribution in [3.8, 4) is 11.5 Å². The van der Waals surface area contributed by atoms with Crippen molar-refractivity contribution >= 4 is 12.4 Å². The summed E-state index contributed by atoms with van der Waals surface area (Å²) in [5.41, 5.74) is 6.47. The molecule has 0 aromatic heterocycles. The molecule has 2 aromatic rings. The summed E-state index contributed by atoms with van der Waals surface area (Å²) >= 11 is 0. The molecule has 0 heterocycles. The van der Waals surface area contributed by atoms with Crippen molar-refractivity contribution in [3.63, 3.8) is 0 Å². The molecule has 126 valence electrons. The fourth-order valence-corrected chi connectivity index (χ4v) is 2.03. The van der Waals surface area contributed by atoms with Gasteiger partial charge in [0.05, 0.1) is 6.42 Å². The minimum absolute atomic E-state index is 0. The smallest absolute Gasteiger partial charge is 0.390 e. The molecule has 0 bridgehead atoms. The molecule has 2 aromatic carbocycles. The van der Waals surface area contributed by atoms with Crippen LogP contribution in [0.25, 0.3) is 0 Å². The topological polar surface area (TPSA) is 55.5 Å². The van der Waals surface area contributed by atoms with Gasteiger partial charge in [0.15, 0.2) is 0 Å². The first-order valence-electron chi connectivity index (χ1n) is 6.67. The summed E-state index contributed by atoms with van der Waals surface area (Å²) in [4.78, 5) is 0. The second-order valence-electron chi connectivity index (χ2n) is 4.92. The van der Waals surface area contributed by atoms with E-state index in [1.807, 2.05) is 30.3 Å². The molecule has 23 heavy (non-hydrogen) atoms. The lowest BCUT2D eigenvalue weighted by molar-refractivity contribution is -0.138. The molecular formula is C16H17ClF3NO2. The van der Waals surface area contributed by atoms with Crippen LogP contribution in [0.5, 0.6) is 11.5 Å². The molecule has 0 aliphatic heterocycles. The van der Waals surface area contributed by atoms with Gasteiger partial charge in [-0.05, 0) is 11.6 Å². The van der Waals surface area contributed by atoms with Gasteiger partial charge in [-0.25, -0.2) is 0 Å². The first-order chi connectivity index (χ1) is 10.3. The Morgan fingerprint density at radius 1 is 1.09 bits per heavy atom. The Morgan fingerprint density at radius 3 is 2.30 bits per heavy atom. The standard InChI is InChI=1S/C16H16F3NO2.ClH/c17-16(18,19)9-14(20)13-7-6-12(8-15(13)21)22-10-11-4-2-1-3-5-11;/h1-8,14,21H,9-10,20H2;1H/t14-;/m0./s1. The van der Waals surface area contributed by atoms with Crippen LogP contribution in [0.2, 0.25) is 0 Å². The van der Waals surface area contributed by atoms with Gasteiger partial charge in [-0.3, -0.25) is 0 Å². The van der Waals surface area contributed by atoms with E-state index in [-0.39, 0.29) is 23.7 Å². The van der Waals surface area contributed by atoms with Crippen LogP contribution in [0, 0.1) is 0 Å². The van der Waals surface area contributed by atoms with E-state index in [4.69, 9.17) is 10.5 Å². The van der Waals surface area contributed by atoms with Crippen molar-refractivity contribution in [1.29, 1.82) is 0 Å². The zero-order valence-electron chi connectivity index (χ0n) is 12.1. The van der Waals surface area contributed by atoms with Crippen molar-refractivity contribution in [2.24, 2.45) is 5.73 Å². The van der Waals surface area contributed by atoms with Crippen LogP contribution >= 0.6 is 12.4 Å². The summed E-state index contributed by atoms with van der Waals surface area (Å²) in [5, 5.41) is 9.83. The molecule has 7 heteroatoms. The molecule has 0 aliphatic rings. The van der Waals surface area contributed by atoms with Crippen molar-refractivity contribution in [3.05, 3.63) is 59.7 Å². The largest absolute Gasteiger partial charge is 0.507 e. The molecule has 3 nitrogen and oxygen atoms in total. The Bertz CT molecular complexity index is 620. The predicted octanol–water partition coefficient (Wildman–Crippen LogP) is 4.35. The number of rotatable bonds is 5. The van der Waals surface area contributed by atoms with Crippen LogP contribution < -0.4 is 10.5 Å². The highest BCUT2D eigenvalue weighted by Crippen LogP contribution is 2.34. The van der Waals surface area contributed by atoms with Crippen LogP contribution in [0.15, 0.2) is 48.5 Å². The highest BCUT2D eigenvalue weighted by atomic mass is 35.5. The number of halogens is 4. The molecule has 0 saturated carbocycles. The van der Waals surface area contributed by atoms with E-state index >= 15 is 0 Å². The summed E-state index contributed by atoms with van der Waals surface area (Å²) in [7, 11) is 0. The first kappa shape index (κ1) is 19.1. The van der Waals surface area contributed by atoms with Gasteiger partial charge in [-0.1, -0.05) is 36.4 Å². The molecule has 0 spiro atoms. The summed E-state index contributed by atoms with van der Waals surface area (Å²) in [5.74, 6) is 0.0617. The molecule has 3 N–H and O–H groups in total. The van der Waals surface area contributed by atoms with E-state index in [0.717, 1.165) is 5.56 Å². The Kier molecular flexibility index (Phi) is 6.72. The third kappa shape index (κ3) is 6.00. The number of hydrogen-bond donors (Lipinski definition) is 2. The Labute approximate surface area is 138 Å². The van der Waals surface area contributed by atoms with Crippen LogP contribution in [0.3, 0.4) is 0 Å². The minimum atomic E-state index is -4.38. The van der Waals surface area contributed by atoms with Crippen LogP contribution in [-0.4, -0.2) is 11.3 Å². The maximum Gasteiger partial charge on any atom is 0.390 e. The van der Waals surface area contributed by atoms with Crippen molar-refractivity contribution < 1.29 is 23.0 Å². The number of ether oxygens (including phenoxy) is 1. The third-order valence-corrected chi connectivity index (χ3v) is 3.10. The van der Waals surface area contributed by atoms with Crippen LogP contribution in [0.1, 0.15) is 23.6 Å². The van der Waals surface area contributed by atoms with Gasteiger partial charge >= 0.3 is 6.18 Å². The fourth-order valence-electron chi connectivity index (χ4n) is 2.03. The maximum atomic E-state index is 12.3. The zero-order valence-corrected chi connectivity index (χ0v) is 12.9. The average molecular weight is 348 g/mol. The molecular weight excluding hydrogens is 331 g/mol. The number of alkyl halides is 3. The van der Waals surface area contributed by atoms with E-state index < -0.39 is 18.6 Å². The predicted molar refractivity (Wildman–Crippen MR) is 83.7 cm³/mol. The fraction of sp³-hybridized carbons (Fsp3) is 0.250.